The summed E-state index contributed by atoms with van der Waals surface area (Å²) in [6.45, 7) is 3.85. The zero-order valence-electron chi connectivity index (χ0n) is 7.05. The summed E-state index contributed by atoms with van der Waals surface area (Å²) >= 11 is 0. The van der Waals surface area contributed by atoms with Crippen LogP contribution in [-0.2, 0) is 11.1 Å². The van der Waals surface area contributed by atoms with Crippen LogP contribution in [0.4, 0.5) is 0 Å². The Morgan fingerprint density at radius 1 is 1.31 bits per heavy atom. The SMILES string of the molecule is C=Cc1ccc(COP(O)O)cc1. The highest BCUT2D eigenvalue weighted by Gasteiger charge is 1.99. The van der Waals surface area contributed by atoms with Gasteiger partial charge in [-0.25, -0.2) is 0 Å². The molecule has 0 spiro atoms. The van der Waals surface area contributed by atoms with Crippen LogP contribution in [0.15, 0.2) is 30.8 Å². The van der Waals surface area contributed by atoms with Crippen LogP contribution in [0, 0.1) is 0 Å². The van der Waals surface area contributed by atoms with E-state index in [-0.39, 0.29) is 6.61 Å². The van der Waals surface area contributed by atoms with Gasteiger partial charge in [0.25, 0.3) is 0 Å². The van der Waals surface area contributed by atoms with E-state index in [0.29, 0.717) is 0 Å². The van der Waals surface area contributed by atoms with Gasteiger partial charge in [-0.2, -0.15) is 0 Å². The van der Waals surface area contributed by atoms with Gasteiger partial charge in [-0.1, -0.05) is 36.9 Å². The number of hydrogen-bond acceptors (Lipinski definition) is 3. The van der Waals surface area contributed by atoms with E-state index < -0.39 is 8.60 Å². The minimum Gasteiger partial charge on any atom is -0.328 e. The molecule has 1 rings (SSSR count). The van der Waals surface area contributed by atoms with Gasteiger partial charge in [-0.15, -0.1) is 0 Å². The van der Waals surface area contributed by atoms with Crippen molar-refractivity contribution in [1.82, 2.24) is 0 Å². The molecule has 13 heavy (non-hydrogen) atoms. The van der Waals surface area contributed by atoms with E-state index >= 15 is 0 Å². The maximum Gasteiger partial charge on any atom is 0.327 e. The van der Waals surface area contributed by atoms with E-state index in [1.54, 1.807) is 6.08 Å². The molecule has 0 atom stereocenters. The number of hydrogen-bond donors (Lipinski definition) is 2. The third-order valence-corrected chi connectivity index (χ3v) is 1.92. The zero-order chi connectivity index (χ0) is 9.68. The lowest BCUT2D eigenvalue weighted by Crippen LogP contribution is -1.87. The normalized spacial score (nSPS) is 10.4. The van der Waals surface area contributed by atoms with E-state index in [0.717, 1.165) is 11.1 Å². The molecule has 0 unspecified atom stereocenters. The van der Waals surface area contributed by atoms with Crippen LogP contribution in [0.1, 0.15) is 11.1 Å². The Kier molecular flexibility index (Phi) is 4.06. The van der Waals surface area contributed by atoms with Crippen molar-refractivity contribution >= 4 is 14.7 Å². The quantitative estimate of drug-likeness (QED) is 0.728. The van der Waals surface area contributed by atoms with E-state index in [4.69, 9.17) is 9.79 Å². The van der Waals surface area contributed by atoms with Gasteiger partial charge in [0.15, 0.2) is 0 Å². The lowest BCUT2D eigenvalue weighted by molar-refractivity contribution is 0.246. The van der Waals surface area contributed by atoms with Gasteiger partial charge < -0.3 is 14.3 Å². The summed E-state index contributed by atoms with van der Waals surface area (Å²) in [6, 6.07) is 7.50. The molecule has 0 aliphatic rings. The van der Waals surface area contributed by atoms with Crippen molar-refractivity contribution in [3.05, 3.63) is 42.0 Å². The van der Waals surface area contributed by atoms with Crippen molar-refractivity contribution in [3.63, 3.8) is 0 Å². The lowest BCUT2D eigenvalue weighted by Gasteiger charge is -2.03. The third kappa shape index (κ3) is 3.66. The third-order valence-electron chi connectivity index (χ3n) is 1.56. The lowest BCUT2D eigenvalue weighted by atomic mass is 10.1. The number of benzene rings is 1. The monoisotopic (exact) mass is 198 g/mol. The van der Waals surface area contributed by atoms with E-state index in [2.05, 4.69) is 11.1 Å². The van der Waals surface area contributed by atoms with Crippen molar-refractivity contribution in [3.8, 4) is 0 Å². The molecule has 2 N–H and O–H groups in total. The highest BCUT2D eigenvalue weighted by molar-refractivity contribution is 7.39. The molecule has 0 radical (unpaired) electrons. The topological polar surface area (TPSA) is 49.7 Å². The molecule has 0 amide bonds. The highest BCUT2D eigenvalue weighted by Crippen LogP contribution is 2.26. The smallest absolute Gasteiger partial charge is 0.327 e. The molecule has 0 saturated heterocycles. The first-order valence-electron chi connectivity index (χ1n) is 3.74. The largest absolute Gasteiger partial charge is 0.328 e. The van der Waals surface area contributed by atoms with Crippen molar-refractivity contribution in [2.75, 3.05) is 0 Å². The van der Waals surface area contributed by atoms with Gasteiger partial charge in [0, 0.05) is 0 Å². The minimum atomic E-state index is -2.26. The van der Waals surface area contributed by atoms with Crippen LogP contribution in [0.25, 0.3) is 6.08 Å². The van der Waals surface area contributed by atoms with Crippen molar-refractivity contribution in [2.24, 2.45) is 0 Å². The summed E-state index contributed by atoms with van der Waals surface area (Å²) in [5.41, 5.74) is 1.93. The fraction of sp³-hybridized carbons (Fsp3) is 0.111. The van der Waals surface area contributed by atoms with Crippen LogP contribution in [-0.4, -0.2) is 9.79 Å². The Labute approximate surface area is 78.3 Å². The molecule has 0 aliphatic heterocycles. The molecular formula is C9H11O3P. The molecule has 0 fully saturated rings. The maximum absolute atomic E-state index is 8.50. The molecular weight excluding hydrogens is 187 g/mol. The summed E-state index contributed by atoms with van der Waals surface area (Å²) in [5.74, 6) is 0. The molecule has 0 aromatic heterocycles. The van der Waals surface area contributed by atoms with Crippen LogP contribution >= 0.6 is 8.60 Å². The standard InChI is InChI=1S/C9H11O3P/c1-2-8-3-5-9(6-4-8)7-12-13(10)11/h2-6,10-11H,1,7H2. The molecule has 0 saturated carbocycles. The molecule has 0 bridgehead atoms. The van der Waals surface area contributed by atoms with Gasteiger partial charge in [0.05, 0.1) is 6.61 Å². The van der Waals surface area contributed by atoms with Gasteiger partial charge >= 0.3 is 8.60 Å². The van der Waals surface area contributed by atoms with Gasteiger partial charge in [0.1, 0.15) is 0 Å². The average Bonchev–Trinajstić information content (AvgIpc) is 2.15. The molecule has 0 heterocycles. The van der Waals surface area contributed by atoms with E-state index in [1.807, 2.05) is 24.3 Å². The second kappa shape index (κ2) is 5.10. The predicted molar refractivity (Wildman–Crippen MR) is 52.7 cm³/mol. The van der Waals surface area contributed by atoms with Crippen molar-refractivity contribution in [2.45, 2.75) is 6.61 Å². The summed E-state index contributed by atoms with van der Waals surface area (Å²) in [7, 11) is -2.26. The maximum atomic E-state index is 8.50. The average molecular weight is 198 g/mol. The Bertz CT molecular complexity index is 269. The highest BCUT2D eigenvalue weighted by atomic mass is 31.2. The molecule has 4 heteroatoms. The van der Waals surface area contributed by atoms with E-state index in [9.17, 15) is 0 Å². The summed E-state index contributed by atoms with van der Waals surface area (Å²) < 4.78 is 4.65. The van der Waals surface area contributed by atoms with Crippen molar-refractivity contribution < 1.29 is 14.3 Å². The van der Waals surface area contributed by atoms with Crippen LogP contribution in [0.3, 0.4) is 0 Å². The summed E-state index contributed by atoms with van der Waals surface area (Å²) in [4.78, 5) is 17.0. The summed E-state index contributed by atoms with van der Waals surface area (Å²) in [5, 5.41) is 0. The summed E-state index contributed by atoms with van der Waals surface area (Å²) in [6.07, 6.45) is 1.75. The Morgan fingerprint density at radius 2 is 1.92 bits per heavy atom. The molecule has 1 aromatic carbocycles. The second-order valence-corrected chi connectivity index (χ2v) is 3.24. The van der Waals surface area contributed by atoms with Gasteiger partial charge in [-0.3, -0.25) is 0 Å². The van der Waals surface area contributed by atoms with Crippen LogP contribution < -0.4 is 0 Å². The molecule has 3 nitrogen and oxygen atoms in total. The van der Waals surface area contributed by atoms with Crippen LogP contribution in [0.2, 0.25) is 0 Å². The first-order valence-corrected chi connectivity index (χ1v) is 4.91. The molecule has 70 valence electrons. The molecule has 0 aliphatic carbocycles. The minimum absolute atomic E-state index is 0.218. The fourth-order valence-corrected chi connectivity index (χ4v) is 1.15. The predicted octanol–water partition coefficient (Wildman–Crippen LogP) is 2.06. The Balaban J connectivity index is 2.54. The van der Waals surface area contributed by atoms with Gasteiger partial charge in [0.2, 0.25) is 0 Å². The van der Waals surface area contributed by atoms with Gasteiger partial charge in [-0.05, 0) is 11.1 Å². The first-order chi connectivity index (χ1) is 6.22. The number of rotatable bonds is 4. The zero-order valence-corrected chi connectivity index (χ0v) is 7.95. The van der Waals surface area contributed by atoms with Crippen molar-refractivity contribution in [1.29, 1.82) is 0 Å². The fourth-order valence-electron chi connectivity index (χ4n) is 0.882. The first kappa shape index (κ1) is 10.4. The Morgan fingerprint density at radius 3 is 2.38 bits per heavy atom. The van der Waals surface area contributed by atoms with E-state index in [1.165, 1.54) is 0 Å². The Hall–Kier alpha value is -0.730. The van der Waals surface area contributed by atoms with Crippen LogP contribution in [0.5, 0.6) is 0 Å². The second-order valence-electron chi connectivity index (χ2n) is 2.47. The molecule has 1 aromatic rings.